The van der Waals surface area contributed by atoms with E-state index in [1.807, 2.05) is 0 Å². The number of rotatable bonds is 2. The Labute approximate surface area is 169 Å². The van der Waals surface area contributed by atoms with Crippen LogP contribution in [-0.2, 0) is 12.7 Å². The predicted molar refractivity (Wildman–Crippen MR) is 110 cm³/mol. The summed E-state index contributed by atoms with van der Waals surface area (Å²) in [5, 5.41) is 0. The Morgan fingerprint density at radius 2 is 1.69 bits per heavy atom. The fourth-order valence-corrected chi connectivity index (χ4v) is 5.84. The van der Waals surface area contributed by atoms with E-state index in [0.717, 1.165) is 5.69 Å². The molecule has 0 amide bonds. The van der Waals surface area contributed by atoms with Crippen LogP contribution in [0.2, 0.25) is 0 Å². The van der Waals surface area contributed by atoms with Gasteiger partial charge in [-0.25, -0.2) is 0 Å². The molecule has 5 rings (SSSR count). The van der Waals surface area contributed by atoms with Crippen molar-refractivity contribution in [1.29, 1.82) is 0 Å². The van der Waals surface area contributed by atoms with Crippen molar-refractivity contribution in [3.8, 4) is 0 Å². The van der Waals surface area contributed by atoms with Crippen LogP contribution in [-0.4, -0.2) is 6.04 Å². The van der Waals surface area contributed by atoms with Gasteiger partial charge in [-0.2, -0.15) is 13.2 Å². The van der Waals surface area contributed by atoms with Crippen molar-refractivity contribution in [1.82, 2.24) is 0 Å². The first-order valence-electron chi connectivity index (χ1n) is 10.2. The van der Waals surface area contributed by atoms with Crippen molar-refractivity contribution in [3.63, 3.8) is 0 Å². The average Bonchev–Trinajstić information content (AvgIpc) is 3.15. The molecule has 0 spiro atoms. The Balaban J connectivity index is 1.62. The second-order valence-corrected chi connectivity index (χ2v) is 8.65. The zero-order valence-corrected chi connectivity index (χ0v) is 16.5. The highest BCUT2D eigenvalue weighted by molar-refractivity contribution is 5.65. The molecule has 1 saturated carbocycles. The SMILES string of the molecule is Cc1ccc2c(c1)C1C(C)C3C=CC=CC3C1N2Cc1ccccc1C(F)(F)F. The van der Waals surface area contributed by atoms with Crippen LogP contribution in [0.25, 0.3) is 0 Å². The fraction of sp³-hybridized carbons (Fsp3) is 0.360. The van der Waals surface area contributed by atoms with E-state index in [2.05, 4.69) is 61.3 Å². The minimum Gasteiger partial charge on any atom is -0.363 e. The molecular formula is C25H24F3N. The summed E-state index contributed by atoms with van der Waals surface area (Å²) in [5.41, 5.74) is 3.41. The molecule has 3 aliphatic rings. The van der Waals surface area contributed by atoms with Gasteiger partial charge >= 0.3 is 6.18 Å². The van der Waals surface area contributed by atoms with Crippen LogP contribution >= 0.6 is 0 Å². The Morgan fingerprint density at radius 3 is 2.45 bits per heavy atom. The van der Waals surface area contributed by atoms with Gasteiger partial charge in [-0.1, -0.05) is 67.1 Å². The molecule has 1 aliphatic heterocycles. The van der Waals surface area contributed by atoms with Crippen LogP contribution in [0.15, 0.2) is 66.8 Å². The number of aryl methyl sites for hydroxylation is 1. The lowest BCUT2D eigenvalue weighted by atomic mass is 9.83. The second-order valence-electron chi connectivity index (χ2n) is 8.65. The quantitative estimate of drug-likeness (QED) is 0.561. The van der Waals surface area contributed by atoms with Crippen LogP contribution in [0, 0.1) is 24.7 Å². The van der Waals surface area contributed by atoms with Crippen molar-refractivity contribution in [2.75, 3.05) is 4.90 Å². The van der Waals surface area contributed by atoms with Crippen molar-refractivity contribution >= 4 is 5.69 Å². The van der Waals surface area contributed by atoms with E-state index in [-0.39, 0.29) is 12.6 Å². The van der Waals surface area contributed by atoms with Crippen LogP contribution in [0.4, 0.5) is 18.9 Å². The monoisotopic (exact) mass is 395 g/mol. The van der Waals surface area contributed by atoms with Gasteiger partial charge in [0.05, 0.1) is 5.56 Å². The van der Waals surface area contributed by atoms with E-state index >= 15 is 0 Å². The van der Waals surface area contributed by atoms with Gasteiger partial charge in [0.1, 0.15) is 0 Å². The van der Waals surface area contributed by atoms with E-state index in [1.165, 1.54) is 23.3 Å². The van der Waals surface area contributed by atoms with Gasteiger partial charge in [0, 0.05) is 30.1 Å². The summed E-state index contributed by atoms with van der Waals surface area (Å²) < 4.78 is 40.9. The average molecular weight is 395 g/mol. The lowest BCUT2D eigenvalue weighted by molar-refractivity contribution is -0.138. The third kappa shape index (κ3) is 2.84. The molecule has 5 atom stereocenters. The van der Waals surface area contributed by atoms with Gasteiger partial charge < -0.3 is 4.90 Å². The highest BCUT2D eigenvalue weighted by Gasteiger charge is 2.54. The highest BCUT2D eigenvalue weighted by Crippen LogP contribution is 2.58. The zero-order valence-electron chi connectivity index (χ0n) is 16.5. The maximum atomic E-state index is 13.6. The first-order chi connectivity index (χ1) is 13.9. The van der Waals surface area contributed by atoms with Gasteiger partial charge in [-0.05, 0) is 42.0 Å². The maximum absolute atomic E-state index is 13.6. The van der Waals surface area contributed by atoms with Crippen molar-refractivity contribution in [2.24, 2.45) is 17.8 Å². The van der Waals surface area contributed by atoms with E-state index in [0.29, 0.717) is 29.2 Å². The van der Waals surface area contributed by atoms with Crippen LogP contribution in [0.5, 0.6) is 0 Å². The number of fused-ring (bicyclic) bond motifs is 5. The molecule has 4 heteroatoms. The van der Waals surface area contributed by atoms with Gasteiger partial charge in [0.25, 0.3) is 0 Å². The minimum atomic E-state index is -4.34. The summed E-state index contributed by atoms with van der Waals surface area (Å²) in [6, 6.07) is 12.6. The number of anilines is 1. The fourth-order valence-electron chi connectivity index (χ4n) is 5.84. The van der Waals surface area contributed by atoms with Gasteiger partial charge in [-0.15, -0.1) is 0 Å². The van der Waals surface area contributed by atoms with Crippen LogP contribution in [0.3, 0.4) is 0 Å². The molecule has 2 aliphatic carbocycles. The molecule has 1 fully saturated rings. The molecule has 0 radical (unpaired) electrons. The molecular weight excluding hydrogens is 371 g/mol. The molecule has 2 aromatic carbocycles. The largest absolute Gasteiger partial charge is 0.416 e. The zero-order chi connectivity index (χ0) is 20.3. The number of hydrogen-bond acceptors (Lipinski definition) is 1. The number of nitrogens with zero attached hydrogens (tertiary/aromatic N) is 1. The lowest BCUT2D eigenvalue weighted by Crippen LogP contribution is -2.37. The molecule has 0 saturated heterocycles. The summed E-state index contributed by atoms with van der Waals surface area (Å²) in [7, 11) is 0. The number of halogens is 3. The summed E-state index contributed by atoms with van der Waals surface area (Å²) in [6.45, 7) is 4.66. The third-order valence-electron chi connectivity index (χ3n) is 7.03. The molecule has 29 heavy (non-hydrogen) atoms. The van der Waals surface area contributed by atoms with Crippen molar-refractivity contribution in [2.45, 2.75) is 38.5 Å². The van der Waals surface area contributed by atoms with Crippen LogP contribution in [0.1, 0.15) is 35.1 Å². The second kappa shape index (κ2) is 6.51. The Morgan fingerprint density at radius 1 is 0.966 bits per heavy atom. The standard InChI is InChI=1S/C25H24F3N/c1-15-11-12-22-20(13-15)23-16(2)18-8-4-5-9-19(18)24(23)29(22)14-17-7-3-6-10-21(17)25(26,27)28/h3-13,16,18-19,23-24H,14H2,1-2H3. The highest BCUT2D eigenvalue weighted by atomic mass is 19.4. The summed E-state index contributed by atoms with van der Waals surface area (Å²) in [6.07, 6.45) is 4.40. The number of benzene rings is 2. The number of allylic oxidation sites excluding steroid dienone is 3. The molecule has 150 valence electrons. The van der Waals surface area contributed by atoms with E-state index < -0.39 is 11.7 Å². The Bertz CT molecular complexity index is 1000. The van der Waals surface area contributed by atoms with Crippen molar-refractivity contribution in [3.05, 3.63) is 89.0 Å². The Kier molecular flexibility index (Phi) is 4.16. The van der Waals surface area contributed by atoms with Gasteiger partial charge in [0.2, 0.25) is 0 Å². The summed E-state index contributed by atoms with van der Waals surface area (Å²) in [4.78, 5) is 2.24. The molecule has 1 nitrogen and oxygen atoms in total. The normalized spacial score (nSPS) is 29.7. The van der Waals surface area contributed by atoms with E-state index in [9.17, 15) is 13.2 Å². The molecule has 0 aromatic heterocycles. The molecule has 1 heterocycles. The van der Waals surface area contributed by atoms with E-state index in [1.54, 1.807) is 12.1 Å². The summed E-state index contributed by atoms with van der Waals surface area (Å²) in [5.74, 6) is 1.55. The number of hydrogen-bond donors (Lipinski definition) is 0. The minimum absolute atomic E-state index is 0.189. The first-order valence-corrected chi connectivity index (χ1v) is 10.2. The first kappa shape index (κ1) is 18.5. The number of alkyl halides is 3. The summed E-state index contributed by atoms with van der Waals surface area (Å²) >= 11 is 0. The molecule has 0 bridgehead atoms. The lowest BCUT2D eigenvalue weighted by Gasteiger charge is -2.33. The molecule has 2 aromatic rings. The van der Waals surface area contributed by atoms with Gasteiger partial charge in [0.15, 0.2) is 0 Å². The van der Waals surface area contributed by atoms with Gasteiger partial charge in [-0.3, -0.25) is 0 Å². The molecule has 0 N–H and O–H groups in total. The third-order valence-corrected chi connectivity index (χ3v) is 7.03. The van der Waals surface area contributed by atoms with E-state index in [4.69, 9.17) is 0 Å². The smallest absolute Gasteiger partial charge is 0.363 e. The topological polar surface area (TPSA) is 3.24 Å². The predicted octanol–water partition coefficient (Wildman–Crippen LogP) is 6.49. The maximum Gasteiger partial charge on any atom is 0.416 e. The van der Waals surface area contributed by atoms with Crippen molar-refractivity contribution < 1.29 is 13.2 Å². The molecule has 5 unspecified atom stereocenters. The Hall–Kier alpha value is -2.49. The van der Waals surface area contributed by atoms with Crippen LogP contribution < -0.4 is 4.90 Å².